The van der Waals surface area contributed by atoms with E-state index in [0.29, 0.717) is 17.9 Å². The second-order valence-electron chi connectivity index (χ2n) is 7.59. The van der Waals surface area contributed by atoms with Crippen molar-refractivity contribution in [2.75, 3.05) is 26.3 Å². The van der Waals surface area contributed by atoms with E-state index in [9.17, 15) is 10.2 Å². The van der Waals surface area contributed by atoms with E-state index in [1.165, 1.54) is 31.2 Å². The molecule has 0 aromatic heterocycles. The Labute approximate surface area is 138 Å². The van der Waals surface area contributed by atoms with E-state index >= 15 is 0 Å². The number of para-hydroxylation sites is 1. The van der Waals surface area contributed by atoms with Gasteiger partial charge in [0.1, 0.15) is 5.75 Å². The number of hydrogen-bond donors (Lipinski definition) is 2. The molecule has 0 bridgehead atoms. The highest BCUT2D eigenvalue weighted by molar-refractivity contribution is 5.34. The first kappa shape index (κ1) is 15.4. The summed E-state index contributed by atoms with van der Waals surface area (Å²) < 4.78 is 6.23. The van der Waals surface area contributed by atoms with E-state index in [1.54, 1.807) is 0 Å². The summed E-state index contributed by atoms with van der Waals surface area (Å²) in [6, 6.07) is 8.40. The molecule has 1 saturated heterocycles. The molecule has 23 heavy (non-hydrogen) atoms. The molecular weight excluding hydrogens is 290 g/mol. The topological polar surface area (TPSA) is 52.9 Å². The lowest BCUT2D eigenvalue weighted by atomic mass is 10.0. The van der Waals surface area contributed by atoms with Crippen molar-refractivity contribution in [1.29, 1.82) is 0 Å². The number of nitrogens with zero attached hydrogens (tertiary/aromatic N) is 1. The van der Waals surface area contributed by atoms with Gasteiger partial charge in [0, 0.05) is 30.6 Å². The third kappa shape index (κ3) is 2.67. The van der Waals surface area contributed by atoms with E-state index < -0.39 is 0 Å². The zero-order valence-electron chi connectivity index (χ0n) is 13.7. The van der Waals surface area contributed by atoms with Crippen LogP contribution >= 0.6 is 0 Å². The predicted molar refractivity (Wildman–Crippen MR) is 88.2 cm³/mol. The summed E-state index contributed by atoms with van der Waals surface area (Å²) in [5.41, 5.74) is 1.07. The van der Waals surface area contributed by atoms with Crippen LogP contribution in [0.25, 0.3) is 0 Å². The van der Waals surface area contributed by atoms with Crippen molar-refractivity contribution < 1.29 is 14.9 Å². The summed E-state index contributed by atoms with van der Waals surface area (Å²) in [5, 5.41) is 19.1. The lowest BCUT2D eigenvalue weighted by molar-refractivity contribution is 0.0864. The molecule has 0 spiro atoms. The summed E-state index contributed by atoms with van der Waals surface area (Å²) in [4.78, 5) is 2.44. The zero-order valence-corrected chi connectivity index (χ0v) is 13.7. The molecule has 0 amide bonds. The standard InChI is InChI=1S/C19H27NO3/c21-12-19(13-22)16-10-20(11-17(16)19)9-14-5-1-4-8-18(14)23-15-6-2-3-7-15/h1,4-5,8,15-17,21-22H,2-3,6-7,9-13H2. The smallest absolute Gasteiger partial charge is 0.124 e. The van der Waals surface area contributed by atoms with Crippen molar-refractivity contribution in [2.24, 2.45) is 17.3 Å². The van der Waals surface area contributed by atoms with Crippen LogP contribution in [0.2, 0.25) is 0 Å². The lowest BCUT2D eigenvalue weighted by Crippen LogP contribution is -2.31. The van der Waals surface area contributed by atoms with Crippen LogP contribution in [-0.2, 0) is 6.54 Å². The summed E-state index contributed by atoms with van der Waals surface area (Å²) >= 11 is 0. The molecule has 126 valence electrons. The van der Waals surface area contributed by atoms with Crippen molar-refractivity contribution in [3.63, 3.8) is 0 Å². The third-order valence-electron chi connectivity index (χ3n) is 6.31. The summed E-state index contributed by atoms with van der Waals surface area (Å²) in [7, 11) is 0. The highest BCUT2D eigenvalue weighted by Gasteiger charge is 2.67. The van der Waals surface area contributed by atoms with Gasteiger partial charge in [0.15, 0.2) is 0 Å². The highest BCUT2D eigenvalue weighted by Crippen LogP contribution is 2.62. The van der Waals surface area contributed by atoms with Crippen LogP contribution < -0.4 is 4.74 Å². The van der Waals surface area contributed by atoms with Crippen molar-refractivity contribution in [3.8, 4) is 5.75 Å². The summed E-state index contributed by atoms with van der Waals surface area (Å²) in [5.74, 6) is 1.95. The van der Waals surface area contributed by atoms with Crippen molar-refractivity contribution in [1.82, 2.24) is 4.90 Å². The minimum absolute atomic E-state index is 0.119. The van der Waals surface area contributed by atoms with Gasteiger partial charge in [-0.15, -0.1) is 0 Å². The number of rotatable bonds is 6. The van der Waals surface area contributed by atoms with E-state index in [1.807, 2.05) is 0 Å². The molecule has 2 unspecified atom stereocenters. The number of benzene rings is 1. The average molecular weight is 317 g/mol. The maximum Gasteiger partial charge on any atom is 0.124 e. The normalized spacial score (nSPS) is 29.7. The zero-order chi connectivity index (χ0) is 15.9. The molecule has 4 heteroatoms. The molecule has 2 atom stereocenters. The van der Waals surface area contributed by atoms with E-state index in [-0.39, 0.29) is 18.6 Å². The van der Waals surface area contributed by atoms with Crippen molar-refractivity contribution in [2.45, 2.75) is 38.3 Å². The maximum absolute atomic E-state index is 9.54. The Morgan fingerprint density at radius 1 is 1.04 bits per heavy atom. The molecule has 1 aromatic rings. The van der Waals surface area contributed by atoms with E-state index in [4.69, 9.17) is 4.74 Å². The van der Waals surface area contributed by atoms with Gasteiger partial charge in [-0.25, -0.2) is 0 Å². The monoisotopic (exact) mass is 317 g/mol. The number of aliphatic hydroxyl groups excluding tert-OH is 2. The number of hydrogen-bond acceptors (Lipinski definition) is 4. The molecule has 3 fully saturated rings. The molecule has 1 aromatic carbocycles. The molecule has 1 aliphatic heterocycles. The second kappa shape index (κ2) is 6.08. The molecule has 3 aliphatic rings. The van der Waals surface area contributed by atoms with Gasteiger partial charge in [-0.05, 0) is 43.6 Å². The minimum atomic E-state index is -0.198. The van der Waals surface area contributed by atoms with Crippen LogP contribution in [0.4, 0.5) is 0 Å². The molecule has 2 N–H and O–H groups in total. The van der Waals surface area contributed by atoms with Crippen molar-refractivity contribution in [3.05, 3.63) is 29.8 Å². The van der Waals surface area contributed by atoms with Gasteiger partial charge in [0.25, 0.3) is 0 Å². The lowest BCUT2D eigenvalue weighted by Gasteiger charge is -2.25. The van der Waals surface area contributed by atoms with Crippen LogP contribution in [0, 0.1) is 17.3 Å². The van der Waals surface area contributed by atoms with E-state index in [0.717, 1.165) is 25.4 Å². The Morgan fingerprint density at radius 3 is 2.35 bits per heavy atom. The molecule has 2 saturated carbocycles. The molecule has 2 aliphatic carbocycles. The maximum atomic E-state index is 9.54. The predicted octanol–water partition coefficient (Wildman–Crippen LogP) is 2.04. The SMILES string of the molecule is OCC1(CO)C2CN(Cc3ccccc3OC3CCCC3)CC21. The fourth-order valence-corrected chi connectivity index (χ4v) is 4.74. The van der Waals surface area contributed by atoms with Gasteiger partial charge in [0.2, 0.25) is 0 Å². The quantitative estimate of drug-likeness (QED) is 0.843. The number of ether oxygens (including phenoxy) is 1. The fourth-order valence-electron chi connectivity index (χ4n) is 4.74. The van der Waals surface area contributed by atoms with Crippen molar-refractivity contribution >= 4 is 0 Å². The number of fused-ring (bicyclic) bond motifs is 1. The summed E-state index contributed by atoms with van der Waals surface area (Å²) in [6.45, 7) is 3.10. The second-order valence-corrected chi connectivity index (χ2v) is 7.59. The number of aliphatic hydroxyl groups is 2. The molecule has 0 radical (unpaired) electrons. The molecule has 4 rings (SSSR count). The molecule has 1 heterocycles. The van der Waals surface area contributed by atoms with Crippen LogP contribution in [-0.4, -0.2) is 47.5 Å². The Hall–Kier alpha value is -1.10. The van der Waals surface area contributed by atoms with Gasteiger partial charge in [0.05, 0.1) is 19.3 Å². The van der Waals surface area contributed by atoms with Crippen LogP contribution in [0.5, 0.6) is 5.75 Å². The van der Waals surface area contributed by atoms with Crippen LogP contribution in [0.3, 0.4) is 0 Å². The van der Waals surface area contributed by atoms with Crippen LogP contribution in [0.15, 0.2) is 24.3 Å². The average Bonchev–Trinajstić information content (AvgIpc) is 2.99. The minimum Gasteiger partial charge on any atom is -0.490 e. The Kier molecular flexibility index (Phi) is 4.08. The van der Waals surface area contributed by atoms with Gasteiger partial charge in [-0.3, -0.25) is 4.90 Å². The van der Waals surface area contributed by atoms with E-state index in [2.05, 4.69) is 29.2 Å². The Morgan fingerprint density at radius 2 is 1.70 bits per heavy atom. The Bertz CT molecular complexity index is 537. The van der Waals surface area contributed by atoms with Gasteiger partial charge >= 0.3 is 0 Å². The molecular formula is C19H27NO3. The number of piperidine rings is 1. The summed E-state index contributed by atoms with van der Waals surface area (Å²) in [6.07, 6.45) is 5.31. The first-order valence-electron chi connectivity index (χ1n) is 8.95. The largest absolute Gasteiger partial charge is 0.490 e. The third-order valence-corrected chi connectivity index (χ3v) is 6.31. The number of likely N-dealkylation sites (tertiary alicyclic amines) is 1. The van der Waals surface area contributed by atoms with Gasteiger partial charge < -0.3 is 14.9 Å². The Balaban J connectivity index is 1.39. The van der Waals surface area contributed by atoms with Crippen LogP contribution in [0.1, 0.15) is 31.2 Å². The van der Waals surface area contributed by atoms with Gasteiger partial charge in [-0.2, -0.15) is 0 Å². The van der Waals surface area contributed by atoms with Gasteiger partial charge in [-0.1, -0.05) is 18.2 Å². The first-order valence-corrected chi connectivity index (χ1v) is 8.95. The molecule has 4 nitrogen and oxygen atoms in total. The fraction of sp³-hybridized carbons (Fsp3) is 0.684. The highest BCUT2D eigenvalue weighted by atomic mass is 16.5. The first-order chi connectivity index (χ1) is 11.3.